The fraction of sp³-hybridized carbons (Fsp3) is 0.500. The number of halogens is 1. The van der Waals surface area contributed by atoms with E-state index in [4.69, 9.17) is 0 Å². The minimum Gasteiger partial charge on any atom is -0.267 e. The highest BCUT2D eigenvalue weighted by Crippen LogP contribution is 2.29. The Bertz CT molecular complexity index is 343. The zero-order valence-electron chi connectivity index (χ0n) is 6.53. The molecule has 3 nitrogen and oxygen atoms in total. The summed E-state index contributed by atoms with van der Waals surface area (Å²) in [7, 11) is 0. The van der Waals surface area contributed by atoms with Crippen molar-refractivity contribution in [2.45, 2.75) is 25.3 Å². The topological polar surface area (TPSA) is 34.9 Å². The molecule has 0 radical (unpaired) electrons. The van der Waals surface area contributed by atoms with E-state index in [1.165, 1.54) is 6.42 Å². The molecule has 0 saturated heterocycles. The first-order valence-electron chi connectivity index (χ1n) is 4.02. The van der Waals surface area contributed by atoms with E-state index in [1.807, 2.05) is 0 Å². The lowest BCUT2D eigenvalue weighted by atomic mass is 9.93. The van der Waals surface area contributed by atoms with Gasteiger partial charge in [0.05, 0.1) is 10.5 Å². The third-order valence-corrected chi connectivity index (χ3v) is 2.85. The minimum atomic E-state index is -0.0119. The summed E-state index contributed by atoms with van der Waals surface area (Å²) in [4.78, 5) is 11.5. The van der Waals surface area contributed by atoms with Crippen LogP contribution in [-0.4, -0.2) is 9.78 Å². The molecule has 0 N–H and O–H groups in total. The predicted molar refractivity (Wildman–Crippen MR) is 49.1 cm³/mol. The molecular weight excluding hydrogens is 220 g/mol. The third-order valence-electron chi connectivity index (χ3n) is 2.24. The second-order valence-corrected chi connectivity index (χ2v) is 3.87. The smallest absolute Gasteiger partial charge is 0.267 e. The zero-order valence-corrected chi connectivity index (χ0v) is 8.12. The van der Waals surface area contributed by atoms with Gasteiger partial charge in [-0.15, -0.1) is 0 Å². The van der Waals surface area contributed by atoms with Crippen LogP contribution in [0.1, 0.15) is 25.3 Å². The molecule has 1 aromatic heterocycles. The van der Waals surface area contributed by atoms with E-state index < -0.39 is 0 Å². The Morgan fingerprint density at radius 3 is 2.92 bits per heavy atom. The van der Waals surface area contributed by atoms with Crippen LogP contribution in [0.15, 0.2) is 21.5 Å². The summed E-state index contributed by atoms with van der Waals surface area (Å²) >= 11 is 3.19. The van der Waals surface area contributed by atoms with Crippen LogP contribution in [0.3, 0.4) is 0 Å². The molecule has 0 spiro atoms. The molecule has 12 heavy (non-hydrogen) atoms. The standard InChI is InChI=1S/C8H9BrN2O/c9-7-4-5-10-11(8(7)12)6-2-1-3-6/h4-6H,1-3H2. The van der Waals surface area contributed by atoms with Crippen molar-refractivity contribution >= 4 is 15.9 Å². The highest BCUT2D eigenvalue weighted by atomic mass is 79.9. The van der Waals surface area contributed by atoms with Crippen LogP contribution in [0.2, 0.25) is 0 Å². The number of nitrogens with zero attached hydrogens (tertiary/aromatic N) is 2. The normalized spacial score (nSPS) is 17.4. The lowest BCUT2D eigenvalue weighted by Gasteiger charge is -2.25. The van der Waals surface area contributed by atoms with Gasteiger partial charge in [0.15, 0.2) is 0 Å². The predicted octanol–water partition coefficient (Wildman–Crippen LogP) is 1.73. The molecule has 0 aliphatic heterocycles. The molecule has 4 heteroatoms. The summed E-state index contributed by atoms with van der Waals surface area (Å²) in [5, 5.41) is 4.04. The lowest BCUT2D eigenvalue weighted by Crippen LogP contribution is -2.31. The molecule has 2 rings (SSSR count). The van der Waals surface area contributed by atoms with Gasteiger partial charge in [-0.3, -0.25) is 4.79 Å². The number of hydrogen-bond acceptors (Lipinski definition) is 2. The SMILES string of the molecule is O=c1c(Br)ccnn1C1CCC1. The van der Waals surface area contributed by atoms with Gasteiger partial charge < -0.3 is 0 Å². The van der Waals surface area contributed by atoms with E-state index in [1.54, 1.807) is 16.9 Å². The minimum absolute atomic E-state index is 0.0119. The largest absolute Gasteiger partial charge is 0.281 e. The number of aromatic nitrogens is 2. The molecule has 0 atom stereocenters. The van der Waals surface area contributed by atoms with Crippen molar-refractivity contribution < 1.29 is 0 Å². The molecule has 1 fully saturated rings. The van der Waals surface area contributed by atoms with Gasteiger partial charge in [-0.1, -0.05) is 0 Å². The van der Waals surface area contributed by atoms with Gasteiger partial charge in [-0.05, 0) is 41.3 Å². The quantitative estimate of drug-likeness (QED) is 0.734. The Labute approximate surface area is 78.5 Å². The molecule has 1 aliphatic rings. The Morgan fingerprint density at radius 1 is 1.58 bits per heavy atom. The van der Waals surface area contributed by atoms with Crippen LogP contribution in [0, 0.1) is 0 Å². The van der Waals surface area contributed by atoms with Gasteiger partial charge >= 0.3 is 0 Å². The van der Waals surface area contributed by atoms with Gasteiger partial charge in [0.1, 0.15) is 0 Å². The van der Waals surface area contributed by atoms with E-state index in [0.29, 0.717) is 10.5 Å². The zero-order chi connectivity index (χ0) is 8.55. The fourth-order valence-electron chi connectivity index (χ4n) is 1.30. The molecular formula is C8H9BrN2O. The molecule has 0 unspecified atom stereocenters. The molecule has 1 aromatic rings. The maximum absolute atomic E-state index is 11.5. The van der Waals surface area contributed by atoms with Crippen molar-refractivity contribution in [3.05, 3.63) is 27.1 Å². The van der Waals surface area contributed by atoms with E-state index in [-0.39, 0.29) is 5.56 Å². The summed E-state index contributed by atoms with van der Waals surface area (Å²) in [5.41, 5.74) is -0.0119. The first-order valence-corrected chi connectivity index (χ1v) is 4.81. The van der Waals surface area contributed by atoms with Crippen LogP contribution in [0.25, 0.3) is 0 Å². The molecule has 1 saturated carbocycles. The Hall–Kier alpha value is -0.640. The van der Waals surface area contributed by atoms with Crippen molar-refractivity contribution in [3.8, 4) is 0 Å². The van der Waals surface area contributed by atoms with E-state index in [0.717, 1.165) is 12.8 Å². The Kier molecular flexibility index (Phi) is 2.00. The first kappa shape index (κ1) is 7.98. The summed E-state index contributed by atoms with van der Waals surface area (Å²) in [6.45, 7) is 0. The monoisotopic (exact) mass is 228 g/mol. The summed E-state index contributed by atoms with van der Waals surface area (Å²) in [6.07, 6.45) is 5.04. The van der Waals surface area contributed by atoms with Crippen LogP contribution >= 0.6 is 15.9 Å². The molecule has 1 aliphatic carbocycles. The molecule has 0 bridgehead atoms. The third kappa shape index (κ3) is 1.20. The number of hydrogen-bond donors (Lipinski definition) is 0. The second-order valence-electron chi connectivity index (χ2n) is 3.01. The van der Waals surface area contributed by atoms with Gasteiger partial charge in [0, 0.05) is 6.20 Å². The maximum atomic E-state index is 11.5. The second kappa shape index (κ2) is 3.01. The lowest BCUT2D eigenvalue weighted by molar-refractivity contribution is 0.278. The van der Waals surface area contributed by atoms with E-state index in [2.05, 4.69) is 21.0 Å². The van der Waals surface area contributed by atoms with Crippen molar-refractivity contribution in [3.63, 3.8) is 0 Å². The van der Waals surface area contributed by atoms with Crippen molar-refractivity contribution in [2.24, 2.45) is 0 Å². The maximum Gasteiger partial charge on any atom is 0.281 e. The molecule has 64 valence electrons. The van der Waals surface area contributed by atoms with E-state index >= 15 is 0 Å². The highest BCUT2D eigenvalue weighted by Gasteiger charge is 2.21. The molecule has 0 aromatic carbocycles. The van der Waals surface area contributed by atoms with Crippen molar-refractivity contribution in [2.75, 3.05) is 0 Å². The van der Waals surface area contributed by atoms with E-state index in [9.17, 15) is 4.79 Å². The Balaban J connectivity index is 2.43. The molecule has 1 heterocycles. The fourth-order valence-corrected chi connectivity index (χ4v) is 1.60. The molecule has 0 amide bonds. The average molecular weight is 229 g/mol. The summed E-state index contributed by atoms with van der Waals surface area (Å²) in [5.74, 6) is 0. The average Bonchev–Trinajstić information content (AvgIpc) is 1.95. The van der Waals surface area contributed by atoms with Crippen LogP contribution in [0.4, 0.5) is 0 Å². The van der Waals surface area contributed by atoms with Crippen molar-refractivity contribution in [1.29, 1.82) is 0 Å². The van der Waals surface area contributed by atoms with Gasteiger partial charge in [0.2, 0.25) is 0 Å². The highest BCUT2D eigenvalue weighted by molar-refractivity contribution is 9.10. The summed E-state index contributed by atoms with van der Waals surface area (Å²) in [6, 6.07) is 2.02. The van der Waals surface area contributed by atoms with Gasteiger partial charge in [-0.25, -0.2) is 4.68 Å². The van der Waals surface area contributed by atoms with Gasteiger partial charge in [0.25, 0.3) is 5.56 Å². The number of rotatable bonds is 1. The first-order chi connectivity index (χ1) is 5.79. The Morgan fingerprint density at radius 2 is 2.33 bits per heavy atom. The van der Waals surface area contributed by atoms with Crippen molar-refractivity contribution in [1.82, 2.24) is 9.78 Å². The van der Waals surface area contributed by atoms with Gasteiger partial charge in [-0.2, -0.15) is 5.10 Å². The van der Waals surface area contributed by atoms with Crippen LogP contribution in [0.5, 0.6) is 0 Å². The van der Waals surface area contributed by atoms with Crippen LogP contribution < -0.4 is 5.56 Å². The van der Waals surface area contributed by atoms with Crippen LogP contribution in [-0.2, 0) is 0 Å². The summed E-state index contributed by atoms with van der Waals surface area (Å²) < 4.78 is 2.18.